The number of nitrogens with zero attached hydrogens (tertiary/aromatic N) is 3. The van der Waals surface area contributed by atoms with Crippen LogP contribution in [0.4, 0.5) is 25.2 Å². The molecule has 0 radical (unpaired) electrons. The average molecular weight is 532 g/mol. The Balaban J connectivity index is 1.44. The van der Waals surface area contributed by atoms with Crippen LogP contribution < -0.4 is 16.2 Å². The van der Waals surface area contributed by atoms with Crippen LogP contribution in [0.2, 0.25) is 0 Å². The van der Waals surface area contributed by atoms with Gasteiger partial charge < -0.3 is 20.6 Å². The smallest absolute Gasteiger partial charge is 0.335 e. The van der Waals surface area contributed by atoms with Crippen molar-refractivity contribution in [1.29, 1.82) is 0 Å². The zero-order chi connectivity index (χ0) is 27.5. The summed E-state index contributed by atoms with van der Waals surface area (Å²) in [4.78, 5) is 44.1. The van der Waals surface area contributed by atoms with E-state index in [0.29, 0.717) is 28.9 Å². The van der Waals surface area contributed by atoms with E-state index in [-0.39, 0.29) is 42.4 Å². The van der Waals surface area contributed by atoms with Gasteiger partial charge in [-0.3, -0.25) is 4.79 Å². The second-order valence-electron chi connectivity index (χ2n) is 8.93. The molecule has 39 heavy (non-hydrogen) atoms. The van der Waals surface area contributed by atoms with Gasteiger partial charge in [-0.1, -0.05) is 30.3 Å². The Morgan fingerprint density at radius 3 is 2.51 bits per heavy atom. The molecule has 198 valence electrons. The van der Waals surface area contributed by atoms with Crippen molar-refractivity contribution in [3.63, 3.8) is 0 Å². The SMILES string of the molecule is O=C(O)c1cccc(CNc2nc3c(c(=O)n2-c2ccccc2)CN(C(=O)Nc2ccc(F)c(F)c2)CC3)c1. The van der Waals surface area contributed by atoms with Crippen LogP contribution in [0, 0.1) is 11.6 Å². The zero-order valence-corrected chi connectivity index (χ0v) is 20.5. The van der Waals surface area contributed by atoms with E-state index in [1.54, 1.807) is 42.5 Å². The number of carboxylic acids is 1. The monoisotopic (exact) mass is 531 g/mol. The first-order valence-corrected chi connectivity index (χ1v) is 12.1. The molecule has 2 amide bonds. The van der Waals surface area contributed by atoms with Gasteiger partial charge in [0, 0.05) is 31.3 Å². The molecule has 4 aromatic rings. The fraction of sp³-hybridized carbons (Fsp3) is 0.143. The molecule has 0 saturated heterocycles. The van der Waals surface area contributed by atoms with Crippen molar-refractivity contribution in [1.82, 2.24) is 14.5 Å². The Morgan fingerprint density at radius 1 is 0.974 bits per heavy atom. The van der Waals surface area contributed by atoms with Crippen LogP contribution in [0.15, 0.2) is 77.6 Å². The third-order valence-electron chi connectivity index (χ3n) is 6.33. The zero-order valence-electron chi connectivity index (χ0n) is 20.5. The van der Waals surface area contributed by atoms with Crippen LogP contribution >= 0.6 is 0 Å². The van der Waals surface area contributed by atoms with Crippen molar-refractivity contribution in [2.75, 3.05) is 17.2 Å². The molecule has 0 atom stereocenters. The first-order valence-electron chi connectivity index (χ1n) is 12.1. The maximum absolute atomic E-state index is 13.8. The number of amides is 2. The third-order valence-corrected chi connectivity index (χ3v) is 6.33. The summed E-state index contributed by atoms with van der Waals surface area (Å²) in [5, 5.41) is 15.0. The predicted molar refractivity (Wildman–Crippen MR) is 140 cm³/mol. The second kappa shape index (κ2) is 10.7. The molecule has 0 spiro atoms. The molecule has 5 rings (SSSR count). The Hall–Kier alpha value is -5.06. The molecule has 11 heteroatoms. The highest BCUT2D eigenvalue weighted by Gasteiger charge is 2.27. The van der Waals surface area contributed by atoms with E-state index in [2.05, 4.69) is 10.6 Å². The lowest BCUT2D eigenvalue weighted by Gasteiger charge is -2.29. The lowest BCUT2D eigenvalue weighted by atomic mass is 10.1. The number of carboxylic acid groups (broad SMARTS) is 1. The summed E-state index contributed by atoms with van der Waals surface area (Å²) in [7, 11) is 0. The van der Waals surface area contributed by atoms with Crippen molar-refractivity contribution < 1.29 is 23.5 Å². The molecule has 0 unspecified atom stereocenters. The van der Waals surface area contributed by atoms with Crippen LogP contribution in [0.3, 0.4) is 0 Å². The number of urea groups is 1. The summed E-state index contributed by atoms with van der Waals surface area (Å²) >= 11 is 0. The number of carbonyl (C=O) groups excluding carboxylic acids is 1. The van der Waals surface area contributed by atoms with E-state index in [1.165, 1.54) is 21.6 Å². The molecule has 1 aromatic heterocycles. The van der Waals surface area contributed by atoms with Gasteiger partial charge in [0.1, 0.15) is 0 Å². The number of para-hydroxylation sites is 1. The first kappa shape index (κ1) is 25.6. The summed E-state index contributed by atoms with van der Waals surface area (Å²) in [6.07, 6.45) is 0.300. The number of benzene rings is 3. The van der Waals surface area contributed by atoms with Crippen LogP contribution in [0.25, 0.3) is 5.69 Å². The Bertz CT molecular complexity index is 1620. The molecule has 0 aliphatic carbocycles. The number of hydrogen-bond donors (Lipinski definition) is 3. The summed E-state index contributed by atoms with van der Waals surface area (Å²) in [5.74, 6) is -2.86. The van der Waals surface area contributed by atoms with Crippen molar-refractivity contribution in [3.8, 4) is 5.69 Å². The molecular weight excluding hydrogens is 508 g/mol. The number of hydrogen-bond acceptors (Lipinski definition) is 5. The van der Waals surface area contributed by atoms with Gasteiger partial charge in [0.05, 0.1) is 29.1 Å². The minimum atomic E-state index is -1.08. The van der Waals surface area contributed by atoms with Crippen LogP contribution in [-0.2, 0) is 19.5 Å². The molecule has 2 heterocycles. The van der Waals surface area contributed by atoms with E-state index in [9.17, 15) is 28.3 Å². The summed E-state index contributed by atoms with van der Waals surface area (Å²) in [6.45, 7) is 0.455. The van der Waals surface area contributed by atoms with Crippen molar-refractivity contribution in [3.05, 3.63) is 117 Å². The van der Waals surface area contributed by atoms with Gasteiger partial charge in [0.2, 0.25) is 5.95 Å². The normalized spacial score (nSPS) is 12.5. The number of rotatable bonds is 6. The highest BCUT2D eigenvalue weighted by Crippen LogP contribution is 2.21. The van der Waals surface area contributed by atoms with Crippen LogP contribution in [-0.4, -0.2) is 38.1 Å². The number of fused-ring (bicyclic) bond motifs is 1. The number of anilines is 2. The Morgan fingerprint density at radius 2 is 1.77 bits per heavy atom. The average Bonchev–Trinajstić information content (AvgIpc) is 2.94. The van der Waals surface area contributed by atoms with E-state index in [4.69, 9.17) is 4.98 Å². The summed E-state index contributed by atoms with van der Waals surface area (Å²) < 4.78 is 28.2. The number of aromatic nitrogens is 2. The standard InChI is InChI=1S/C28H23F2N5O4/c29-22-10-9-19(14-23(22)30)32-28(39)34-12-11-24-21(16-34)25(36)35(20-7-2-1-3-8-20)27(33-24)31-15-17-5-4-6-18(13-17)26(37)38/h1-10,13-14H,11-12,15-16H2,(H,31,33)(H,32,39)(H,37,38). The second-order valence-corrected chi connectivity index (χ2v) is 8.93. The van der Waals surface area contributed by atoms with Gasteiger partial charge in [0.25, 0.3) is 5.56 Å². The van der Waals surface area contributed by atoms with E-state index in [1.807, 2.05) is 6.07 Å². The predicted octanol–water partition coefficient (Wildman–Crippen LogP) is 4.41. The Labute approximate surface area is 221 Å². The largest absolute Gasteiger partial charge is 0.478 e. The van der Waals surface area contributed by atoms with Gasteiger partial charge in [-0.25, -0.2) is 27.9 Å². The molecular formula is C28H23F2N5O4. The molecule has 0 saturated carbocycles. The summed E-state index contributed by atoms with van der Waals surface area (Å²) in [6, 6.07) is 17.8. The fourth-order valence-corrected chi connectivity index (χ4v) is 4.36. The van der Waals surface area contributed by atoms with Gasteiger partial charge in [-0.2, -0.15) is 0 Å². The van der Waals surface area contributed by atoms with Crippen LogP contribution in [0.1, 0.15) is 27.2 Å². The number of aromatic carboxylic acids is 1. The van der Waals surface area contributed by atoms with Gasteiger partial charge in [0.15, 0.2) is 11.6 Å². The highest BCUT2D eigenvalue weighted by atomic mass is 19.2. The molecule has 1 aliphatic rings. The molecule has 0 fully saturated rings. The summed E-state index contributed by atoms with van der Waals surface area (Å²) in [5.41, 5.74) is 2.00. The van der Waals surface area contributed by atoms with Gasteiger partial charge >= 0.3 is 12.0 Å². The molecule has 0 bridgehead atoms. The van der Waals surface area contributed by atoms with Crippen molar-refractivity contribution in [2.24, 2.45) is 0 Å². The van der Waals surface area contributed by atoms with E-state index < -0.39 is 23.6 Å². The third kappa shape index (κ3) is 5.47. The first-order chi connectivity index (χ1) is 18.8. The lowest BCUT2D eigenvalue weighted by Crippen LogP contribution is -2.43. The highest BCUT2D eigenvalue weighted by molar-refractivity contribution is 5.89. The molecule has 1 aliphatic heterocycles. The van der Waals surface area contributed by atoms with Crippen molar-refractivity contribution >= 4 is 23.6 Å². The quantitative estimate of drug-likeness (QED) is 0.339. The maximum Gasteiger partial charge on any atom is 0.335 e. The fourth-order valence-electron chi connectivity index (χ4n) is 4.36. The minimum absolute atomic E-state index is 0.0234. The molecule has 3 aromatic carbocycles. The lowest BCUT2D eigenvalue weighted by molar-refractivity contribution is 0.0696. The van der Waals surface area contributed by atoms with Gasteiger partial charge in [-0.05, 0) is 42.0 Å². The van der Waals surface area contributed by atoms with Crippen molar-refractivity contribution in [2.45, 2.75) is 19.5 Å². The molecule has 9 nitrogen and oxygen atoms in total. The van der Waals surface area contributed by atoms with Gasteiger partial charge in [-0.15, -0.1) is 0 Å². The number of halogens is 2. The number of carbonyl (C=O) groups is 2. The number of nitrogens with one attached hydrogen (secondary N) is 2. The van der Waals surface area contributed by atoms with E-state index in [0.717, 1.165) is 12.1 Å². The topological polar surface area (TPSA) is 117 Å². The minimum Gasteiger partial charge on any atom is -0.478 e. The van der Waals surface area contributed by atoms with Crippen LogP contribution in [0.5, 0.6) is 0 Å². The van der Waals surface area contributed by atoms with E-state index >= 15 is 0 Å². The molecule has 3 N–H and O–H groups in total. The maximum atomic E-state index is 13.8. The Kier molecular flexibility index (Phi) is 7.04.